The van der Waals surface area contributed by atoms with Crippen molar-refractivity contribution in [2.75, 3.05) is 4.90 Å². The SMILES string of the molecule is CCC(=O)N(Cc1ccccc1)c1ccc(C)cc1. The number of carbonyl (C=O) groups is 1. The standard InChI is InChI=1S/C17H19NO/c1-3-17(19)18(13-15-7-5-4-6-8-15)16-11-9-14(2)10-12-16/h4-12H,3,13H2,1-2H3. The number of rotatable bonds is 4. The second kappa shape index (κ2) is 6.19. The Morgan fingerprint density at radius 2 is 1.63 bits per heavy atom. The molecule has 0 unspecified atom stereocenters. The molecule has 2 aromatic rings. The van der Waals surface area contributed by atoms with Crippen LogP contribution in [0.2, 0.25) is 0 Å². The van der Waals surface area contributed by atoms with Crippen LogP contribution in [0.5, 0.6) is 0 Å². The number of amides is 1. The van der Waals surface area contributed by atoms with Gasteiger partial charge in [0.2, 0.25) is 5.91 Å². The van der Waals surface area contributed by atoms with E-state index in [1.54, 1.807) is 0 Å². The third-order valence-corrected chi connectivity index (χ3v) is 3.13. The number of anilines is 1. The maximum atomic E-state index is 12.1. The molecule has 2 rings (SSSR count). The minimum absolute atomic E-state index is 0.146. The molecule has 0 saturated heterocycles. The fourth-order valence-corrected chi connectivity index (χ4v) is 2.01. The Hall–Kier alpha value is -2.09. The van der Waals surface area contributed by atoms with Crippen LogP contribution in [-0.4, -0.2) is 5.91 Å². The van der Waals surface area contributed by atoms with Gasteiger partial charge in [0.15, 0.2) is 0 Å². The van der Waals surface area contributed by atoms with Gasteiger partial charge in [-0.3, -0.25) is 4.79 Å². The van der Waals surface area contributed by atoms with Gasteiger partial charge in [-0.15, -0.1) is 0 Å². The minimum atomic E-state index is 0.146. The first-order chi connectivity index (χ1) is 9.20. The predicted octanol–water partition coefficient (Wildman–Crippen LogP) is 3.94. The molecule has 0 N–H and O–H groups in total. The zero-order chi connectivity index (χ0) is 13.7. The topological polar surface area (TPSA) is 20.3 Å². The van der Waals surface area contributed by atoms with Gasteiger partial charge in [0.25, 0.3) is 0 Å². The Kier molecular flexibility index (Phi) is 4.35. The van der Waals surface area contributed by atoms with Crippen molar-refractivity contribution in [3.05, 3.63) is 65.7 Å². The van der Waals surface area contributed by atoms with Crippen molar-refractivity contribution in [3.63, 3.8) is 0 Å². The van der Waals surface area contributed by atoms with Crippen molar-refractivity contribution < 1.29 is 4.79 Å². The zero-order valence-electron chi connectivity index (χ0n) is 11.5. The highest BCUT2D eigenvalue weighted by atomic mass is 16.2. The predicted molar refractivity (Wildman–Crippen MR) is 79.1 cm³/mol. The Bertz CT molecular complexity index is 531. The lowest BCUT2D eigenvalue weighted by atomic mass is 10.1. The zero-order valence-corrected chi connectivity index (χ0v) is 11.5. The second-order valence-corrected chi connectivity index (χ2v) is 4.65. The van der Waals surface area contributed by atoms with Gasteiger partial charge in [0, 0.05) is 12.1 Å². The highest BCUT2D eigenvalue weighted by Crippen LogP contribution is 2.19. The summed E-state index contributed by atoms with van der Waals surface area (Å²) in [6, 6.07) is 18.2. The molecule has 0 aromatic heterocycles. The van der Waals surface area contributed by atoms with Gasteiger partial charge >= 0.3 is 0 Å². The van der Waals surface area contributed by atoms with Gasteiger partial charge < -0.3 is 4.90 Å². The summed E-state index contributed by atoms with van der Waals surface area (Å²) in [4.78, 5) is 14.0. The van der Waals surface area contributed by atoms with E-state index in [1.165, 1.54) is 5.56 Å². The van der Waals surface area contributed by atoms with Crippen molar-refractivity contribution in [2.24, 2.45) is 0 Å². The van der Waals surface area contributed by atoms with Gasteiger partial charge in [-0.2, -0.15) is 0 Å². The monoisotopic (exact) mass is 253 g/mol. The van der Waals surface area contributed by atoms with Gasteiger partial charge in [-0.05, 0) is 24.6 Å². The van der Waals surface area contributed by atoms with Crippen molar-refractivity contribution in [2.45, 2.75) is 26.8 Å². The van der Waals surface area contributed by atoms with Crippen molar-refractivity contribution in [3.8, 4) is 0 Å². The molecule has 0 radical (unpaired) electrons. The molecule has 0 bridgehead atoms. The number of hydrogen-bond acceptors (Lipinski definition) is 1. The third kappa shape index (κ3) is 3.44. The van der Waals surface area contributed by atoms with Crippen molar-refractivity contribution in [1.29, 1.82) is 0 Å². The first-order valence-corrected chi connectivity index (χ1v) is 6.61. The molecule has 0 fully saturated rings. The molecule has 2 heteroatoms. The van der Waals surface area contributed by atoms with Gasteiger partial charge in [0.1, 0.15) is 0 Å². The van der Waals surface area contributed by atoms with Crippen LogP contribution in [0.25, 0.3) is 0 Å². The van der Waals surface area contributed by atoms with Gasteiger partial charge in [-0.1, -0.05) is 55.0 Å². The molecule has 0 spiro atoms. The molecule has 19 heavy (non-hydrogen) atoms. The number of benzene rings is 2. The smallest absolute Gasteiger partial charge is 0.227 e. The molecule has 98 valence electrons. The van der Waals surface area contributed by atoms with E-state index in [2.05, 4.69) is 0 Å². The summed E-state index contributed by atoms with van der Waals surface area (Å²) in [5.74, 6) is 0.146. The van der Waals surface area contributed by atoms with Gasteiger partial charge in [-0.25, -0.2) is 0 Å². The normalized spacial score (nSPS) is 10.2. The summed E-state index contributed by atoms with van der Waals surface area (Å²) >= 11 is 0. The lowest BCUT2D eigenvalue weighted by molar-refractivity contribution is -0.118. The van der Waals surface area contributed by atoms with Crippen LogP contribution in [-0.2, 0) is 11.3 Å². The van der Waals surface area contributed by atoms with E-state index in [-0.39, 0.29) is 5.91 Å². The molecule has 0 aliphatic heterocycles. The Balaban J connectivity index is 2.26. The maximum Gasteiger partial charge on any atom is 0.227 e. The maximum absolute atomic E-state index is 12.1. The lowest BCUT2D eigenvalue weighted by Gasteiger charge is -2.22. The molecule has 2 nitrogen and oxygen atoms in total. The summed E-state index contributed by atoms with van der Waals surface area (Å²) in [5.41, 5.74) is 3.30. The molecular formula is C17H19NO. The van der Waals surface area contributed by atoms with Crippen LogP contribution in [0, 0.1) is 6.92 Å². The lowest BCUT2D eigenvalue weighted by Crippen LogP contribution is -2.29. The van der Waals surface area contributed by atoms with E-state index >= 15 is 0 Å². The molecule has 2 aromatic carbocycles. The van der Waals surface area contributed by atoms with Crippen LogP contribution < -0.4 is 4.90 Å². The average Bonchev–Trinajstić information content (AvgIpc) is 2.46. The third-order valence-electron chi connectivity index (χ3n) is 3.13. The largest absolute Gasteiger partial charge is 0.308 e. The van der Waals surface area contributed by atoms with Crippen molar-refractivity contribution >= 4 is 11.6 Å². The Morgan fingerprint density at radius 1 is 1.00 bits per heavy atom. The summed E-state index contributed by atoms with van der Waals surface area (Å²) in [6.07, 6.45) is 0.515. The van der Waals surface area contributed by atoms with E-state index in [4.69, 9.17) is 0 Å². The Morgan fingerprint density at radius 3 is 2.21 bits per heavy atom. The fourth-order valence-electron chi connectivity index (χ4n) is 2.01. The first kappa shape index (κ1) is 13.3. The molecule has 0 aliphatic carbocycles. The average molecular weight is 253 g/mol. The first-order valence-electron chi connectivity index (χ1n) is 6.61. The van der Waals surface area contributed by atoms with E-state index in [0.29, 0.717) is 13.0 Å². The fraction of sp³-hybridized carbons (Fsp3) is 0.235. The number of aryl methyl sites for hydroxylation is 1. The quantitative estimate of drug-likeness (QED) is 0.808. The molecule has 1 amide bonds. The van der Waals surface area contributed by atoms with Crippen LogP contribution in [0.15, 0.2) is 54.6 Å². The van der Waals surface area contributed by atoms with Crippen LogP contribution in [0.1, 0.15) is 24.5 Å². The number of hydrogen-bond donors (Lipinski definition) is 0. The Labute approximate surface area is 114 Å². The summed E-state index contributed by atoms with van der Waals surface area (Å²) in [5, 5.41) is 0. The van der Waals surface area contributed by atoms with E-state index in [1.807, 2.05) is 73.3 Å². The van der Waals surface area contributed by atoms with E-state index in [9.17, 15) is 4.79 Å². The van der Waals surface area contributed by atoms with Crippen LogP contribution in [0.4, 0.5) is 5.69 Å². The second-order valence-electron chi connectivity index (χ2n) is 4.65. The molecular weight excluding hydrogens is 234 g/mol. The highest BCUT2D eigenvalue weighted by molar-refractivity contribution is 5.93. The number of nitrogens with zero attached hydrogens (tertiary/aromatic N) is 1. The van der Waals surface area contributed by atoms with E-state index < -0.39 is 0 Å². The molecule has 0 aliphatic rings. The van der Waals surface area contributed by atoms with Crippen LogP contribution >= 0.6 is 0 Å². The summed E-state index contributed by atoms with van der Waals surface area (Å²) in [6.45, 7) is 4.57. The molecule has 0 atom stereocenters. The minimum Gasteiger partial charge on any atom is -0.308 e. The molecule has 0 heterocycles. The van der Waals surface area contributed by atoms with E-state index in [0.717, 1.165) is 11.3 Å². The van der Waals surface area contributed by atoms with Crippen LogP contribution in [0.3, 0.4) is 0 Å². The van der Waals surface area contributed by atoms with Gasteiger partial charge in [0.05, 0.1) is 6.54 Å². The molecule has 0 saturated carbocycles. The highest BCUT2D eigenvalue weighted by Gasteiger charge is 2.14. The summed E-state index contributed by atoms with van der Waals surface area (Å²) < 4.78 is 0. The van der Waals surface area contributed by atoms with Crippen molar-refractivity contribution in [1.82, 2.24) is 0 Å². The number of carbonyl (C=O) groups excluding carboxylic acids is 1. The summed E-state index contributed by atoms with van der Waals surface area (Å²) in [7, 11) is 0.